The van der Waals surface area contributed by atoms with Gasteiger partial charge < -0.3 is 15.1 Å². The fourth-order valence-electron chi connectivity index (χ4n) is 3.10. The third kappa shape index (κ3) is 5.70. The molecule has 148 valence electrons. The van der Waals surface area contributed by atoms with E-state index in [1.54, 1.807) is 0 Å². The van der Waals surface area contributed by atoms with Gasteiger partial charge in [-0.25, -0.2) is 9.98 Å². The summed E-state index contributed by atoms with van der Waals surface area (Å²) in [4.78, 5) is 9.01. The molecule has 1 aliphatic carbocycles. The zero-order valence-corrected chi connectivity index (χ0v) is 19.2. The molecule has 0 spiro atoms. The minimum atomic E-state index is 0. The Hall–Kier alpha value is -1.57. The highest BCUT2D eigenvalue weighted by Crippen LogP contribution is 2.41. The first kappa shape index (κ1) is 21.7. The van der Waals surface area contributed by atoms with Crippen LogP contribution in [0.2, 0.25) is 0 Å². The van der Waals surface area contributed by atoms with Gasteiger partial charge in [0.15, 0.2) is 5.96 Å². The van der Waals surface area contributed by atoms with Crippen LogP contribution in [0.15, 0.2) is 33.7 Å². The molecule has 1 aromatic carbocycles. The lowest BCUT2D eigenvalue weighted by Crippen LogP contribution is -2.39. The van der Waals surface area contributed by atoms with Crippen LogP contribution < -0.4 is 10.6 Å². The average molecular weight is 482 g/mol. The maximum atomic E-state index is 5.61. The van der Waals surface area contributed by atoms with E-state index in [0.717, 1.165) is 30.4 Å². The lowest BCUT2D eigenvalue weighted by atomic mass is 10.0. The summed E-state index contributed by atoms with van der Waals surface area (Å²) < 4.78 is 5.61. The number of guanidine groups is 1. The molecule has 1 aromatic heterocycles. The summed E-state index contributed by atoms with van der Waals surface area (Å²) in [5, 5.41) is 6.85. The summed E-state index contributed by atoms with van der Waals surface area (Å²) in [5.41, 5.74) is 3.73. The van der Waals surface area contributed by atoms with E-state index in [1.165, 1.54) is 11.1 Å². The van der Waals surface area contributed by atoms with Crippen molar-refractivity contribution in [3.63, 3.8) is 0 Å². The zero-order valence-electron chi connectivity index (χ0n) is 16.9. The molecule has 2 atom stereocenters. The summed E-state index contributed by atoms with van der Waals surface area (Å²) >= 11 is 0. The van der Waals surface area contributed by atoms with E-state index < -0.39 is 0 Å². The van der Waals surface area contributed by atoms with Crippen LogP contribution in [0.5, 0.6) is 0 Å². The number of nitrogens with one attached hydrogen (secondary N) is 2. The van der Waals surface area contributed by atoms with Crippen LogP contribution in [-0.4, -0.2) is 23.5 Å². The van der Waals surface area contributed by atoms with Crippen molar-refractivity contribution in [3.8, 4) is 0 Å². The van der Waals surface area contributed by atoms with Crippen molar-refractivity contribution >= 4 is 29.9 Å². The van der Waals surface area contributed by atoms with Gasteiger partial charge in [-0.05, 0) is 44.2 Å². The van der Waals surface area contributed by atoms with Crippen molar-refractivity contribution in [1.29, 1.82) is 0 Å². The van der Waals surface area contributed by atoms with E-state index in [9.17, 15) is 0 Å². The first-order valence-corrected chi connectivity index (χ1v) is 9.55. The molecule has 1 heterocycles. The molecule has 2 aromatic rings. The fraction of sp³-hybridized carbons (Fsp3) is 0.524. The number of benzene rings is 1. The SMILES string of the molecule is CCNC(=NCc1nc(C)c(C)o1)NC1CC1c1ccc(C(C)C)cc1.I. The monoisotopic (exact) mass is 482 g/mol. The van der Waals surface area contributed by atoms with Crippen molar-refractivity contribution in [2.24, 2.45) is 4.99 Å². The Bertz CT molecular complexity index is 747. The Morgan fingerprint density at radius 2 is 1.96 bits per heavy atom. The van der Waals surface area contributed by atoms with Gasteiger partial charge in [0.25, 0.3) is 0 Å². The Labute approximate surface area is 179 Å². The zero-order chi connectivity index (χ0) is 18.7. The highest BCUT2D eigenvalue weighted by Gasteiger charge is 2.39. The predicted octanol–water partition coefficient (Wildman–Crippen LogP) is 4.64. The van der Waals surface area contributed by atoms with Crippen molar-refractivity contribution in [3.05, 3.63) is 52.7 Å². The number of aromatic nitrogens is 1. The van der Waals surface area contributed by atoms with Gasteiger partial charge >= 0.3 is 0 Å². The Morgan fingerprint density at radius 3 is 2.52 bits per heavy atom. The van der Waals surface area contributed by atoms with Gasteiger partial charge in [-0.15, -0.1) is 24.0 Å². The number of oxazole rings is 1. The van der Waals surface area contributed by atoms with E-state index in [4.69, 9.17) is 4.42 Å². The van der Waals surface area contributed by atoms with Crippen molar-refractivity contribution in [2.45, 2.75) is 65.5 Å². The molecular formula is C21H31IN4O. The van der Waals surface area contributed by atoms with Gasteiger partial charge in [-0.3, -0.25) is 0 Å². The fourth-order valence-corrected chi connectivity index (χ4v) is 3.10. The number of hydrogen-bond acceptors (Lipinski definition) is 3. The van der Waals surface area contributed by atoms with E-state index in [2.05, 4.69) is 65.6 Å². The summed E-state index contributed by atoms with van der Waals surface area (Å²) in [6.45, 7) is 11.7. The van der Waals surface area contributed by atoms with E-state index >= 15 is 0 Å². The molecule has 0 amide bonds. The molecule has 2 N–H and O–H groups in total. The molecule has 1 saturated carbocycles. The van der Waals surface area contributed by atoms with Crippen LogP contribution in [0, 0.1) is 13.8 Å². The number of aryl methyl sites for hydroxylation is 2. The van der Waals surface area contributed by atoms with Crippen LogP contribution in [0.25, 0.3) is 0 Å². The Balaban J connectivity index is 0.00000261. The molecule has 0 bridgehead atoms. The van der Waals surface area contributed by atoms with E-state index in [0.29, 0.717) is 30.3 Å². The number of rotatable bonds is 6. The second-order valence-electron chi connectivity index (χ2n) is 7.36. The van der Waals surface area contributed by atoms with Crippen LogP contribution in [-0.2, 0) is 6.54 Å². The smallest absolute Gasteiger partial charge is 0.216 e. The molecular weight excluding hydrogens is 451 g/mol. The summed E-state index contributed by atoms with van der Waals surface area (Å²) in [7, 11) is 0. The van der Waals surface area contributed by atoms with Gasteiger partial charge in [0.05, 0.1) is 5.69 Å². The van der Waals surface area contributed by atoms with Gasteiger partial charge in [-0.1, -0.05) is 38.1 Å². The molecule has 1 aliphatic rings. The number of aliphatic imine (C=N–C) groups is 1. The van der Waals surface area contributed by atoms with Crippen LogP contribution in [0.3, 0.4) is 0 Å². The normalized spacial score (nSPS) is 19.0. The summed E-state index contributed by atoms with van der Waals surface area (Å²) in [6.07, 6.45) is 1.14. The first-order valence-electron chi connectivity index (χ1n) is 9.55. The number of halogens is 1. The minimum Gasteiger partial charge on any atom is -0.444 e. The predicted molar refractivity (Wildman–Crippen MR) is 121 cm³/mol. The quantitative estimate of drug-likeness (QED) is 0.358. The highest BCUT2D eigenvalue weighted by molar-refractivity contribution is 14.0. The molecule has 0 aliphatic heterocycles. The van der Waals surface area contributed by atoms with Crippen molar-refractivity contribution < 1.29 is 4.42 Å². The van der Waals surface area contributed by atoms with Crippen LogP contribution >= 0.6 is 24.0 Å². The molecule has 27 heavy (non-hydrogen) atoms. The molecule has 1 fully saturated rings. The largest absolute Gasteiger partial charge is 0.444 e. The van der Waals surface area contributed by atoms with Crippen LogP contribution in [0.4, 0.5) is 0 Å². The highest BCUT2D eigenvalue weighted by atomic mass is 127. The van der Waals surface area contributed by atoms with Gasteiger partial charge in [0, 0.05) is 18.5 Å². The van der Waals surface area contributed by atoms with Gasteiger partial charge in [0.1, 0.15) is 12.3 Å². The van der Waals surface area contributed by atoms with Gasteiger partial charge in [0.2, 0.25) is 5.89 Å². The second kappa shape index (κ2) is 9.57. The Kier molecular flexibility index (Phi) is 7.70. The second-order valence-corrected chi connectivity index (χ2v) is 7.36. The third-order valence-corrected chi connectivity index (χ3v) is 4.93. The Morgan fingerprint density at radius 1 is 1.26 bits per heavy atom. The molecule has 0 saturated heterocycles. The minimum absolute atomic E-state index is 0. The topological polar surface area (TPSA) is 62.5 Å². The average Bonchev–Trinajstić information content (AvgIpc) is 3.31. The van der Waals surface area contributed by atoms with Crippen molar-refractivity contribution in [2.75, 3.05) is 6.54 Å². The molecule has 2 unspecified atom stereocenters. The van der Waals surface area contributed by atoms with Crippen molar-refractivity contribution in [1.82, 2.24) is 15.6 Å². The van der Waals surface area contributed by atoms with E-state index in [-0.39, 0.29) is 24.0 Å². The summed E-state index contributed by atoms with van der Waals surface area (Å²) in [5.74, 6) is 3.49. The summed E-state index contributed by atoms with van der Waals surface area (Å²) in [6, 6.07) is 9.48. The molecule has 5 nitrogen and oxygen atoms in total. The first-order chi connectivity index (χ1) is 12.5. The third-order valence-electron chi connectivity index (χ3n) is 4.93. The molecule has 6 heteroatoms. The maximum absolute atomic E-state index is 5.61. The van der Waals surface area contributed by atoms with E-state index in [1.807, 2.05) is 13.8 Å². The van der Waals surface area contributed by atoms with Crippen LogP contribution in [0.1, 0.15) is 67.5 Å². The lowest BCUT2D eigenvalue weighted by Gasteiger charge is -2.11. The molecule has 0 radical (unpaired) electrons. The maximum Gasteiger partial charge on any atom is 0.216 e. The lowest BCUT2D eigenvalue weighted by molar-refractivity contribution is 0.472. The number of hydrogen-bond donors (Lipinski definition) is 2. The van der Waals surface area contributed by atoms with Gasteiger partial charge in [-0.2, -0.15) is 0 Å². The standard InChI is InChI=1S/C21H30N4O.HI/c1-6-22-21(23-12-20-24-14(4)15(5)26-20)25-19-11-18(19)17-9-7-16(8-10-17)13(2)3;/h7-10,13,18-19H,6,11-12H2,1-5H3,(H2,22,23,25);1H. The number of nitrogens with zero attached hydrogens (tertiary/aromatic N) is 2. The molecule has 3 rings (SSSR count).